The van der Waals surface area contributed by atoms with E-state index in [1.54, 1.807) is 24.3 Å². The number of carbonyl (C=O) groups is 1. The van der Waals surface area contributed by atoms with E-state index in [-0.39, 0.29) is 11.5 Å². The van der Waals surface area contributed by atoms with Gasteiger partial charge in [0, 0.05) is 11.6 Å². The molecule has 1 aromatic carbocycles. The molecule has 1 aromatic rings. The van der Waals surface area contributed by atoms with Crippen LogP contribution in [0.3, 0.4) is 0 Å². The van der Waals surface area contributed by atoms with Crippen molar-refractivity contribution in [2.24, 2.45) is 5.92 Å². The van der Waals surface area contributed by atoms with E-state index < -0.39 is 11.7 Å². The Kier molecular flexibility index (Phi) is 10.2. The number of benzene rings is 1. The zero-order valence-corrected chi connectivity index (χ0v) is 17.7. The minimum absolute atomic E-state index is 0.174. The molecule has 1 aliphatic carbocycles. The van der Waals surface area contributed by atoms with E-state index in [4.69, 9.17) is 4.74 Å². The van der Waals surface area contributed by atoms with Gasteiger partial charge in [0.2, 0.25) is 5.79 Å². The minimum atomic E-state index is -1.64. The van der Waals surface area contributed by atoms with E-state index in [2.05, 4.69) is 6.92 Å². The van der Waals surface area contributed by atoms with Crippen molar-refractivity contribution in [3.05, 3.63) is 59.9 Å². The second-order valence-electron chi connectivity index (χ2n) is 7.92. The van der Waals surface area contributed by atoms with Crippen LogP contribution in [-0.2, 0) is 4.74 Å². The lowest BCUT2D eigenvalue weighted by Gasteiger charge is -2.27. The molecule has 0 radical (unpaired) electrons. The highest BCUT2D eigenvalue weighted by Gasteiger charge is 2.32. The predicted molar refractivity (Wildman–Crippen MR) is 117 cm³/mol. The Bertz CT molecular complexity index is 665. The van der Waals surface area contributed by atoms with E-state index >= 15 is 0 Å². The number of unbranched alkanes of at least 4 members (excludes halogenated alkanes) is 9. The first-order valence-electron chi connectivity index (χ1n) is 11.1. The summed E-state index contributed by atoms with van der Waals surface area (Å²) in [5, 5.41) is 20.8. The van der Waals surface area contributed by atoms with Gasteiger partial charge in [-0.2, -0.15) is 0 Å². The molecular weight excluding hydrogens is 364 g/mol. The van der Waals surface area contributed by atoms with Gasteiger partial charge in [-0.1, -0.05) is 101 Å². The molecule has 2 atom stereocenters. The number of carbonyl (C=O) groups excluding carboxylic acids is 1. The SMILES string of the molecule is CCCCCCCCCCCCOC1(O)C=CC(C(=O)c2ccccc2)C(O)=C1. The first-order chi connectivity index (χ1) is 14.1. The monoisotopic (exact) mass is 400 g/mol. The van der Waals surface area contributed by atoms with Crippen LogP contribution in [0.4, 0.5) is 0 Å². The largest absolute Gasteiger partial charge is 0.511 e. The molecule has 0 saturated carbocycles. The quantitative estimate of drug-likeness (QED) is 0.171. The summed E-state index contributed by atoms with van der Waals surface area (Å²) >= 11 is 0. The molecule has 29 heavy (non-hydrogen) atoms. The molecule has 2 N–H and O–H groups in total. The fourth-order valence-corrected chi connectivity index (χ4v) is 3.60. The molecular formula is C25H36O4. The Labute approximate surface area is 175 Å². The van der Waals surface area contributed by atoms with Crippen LogP contribution in [-0.4, -0.2) is 28.4 Å². The van der Waals surface area contributed by atoms with Crippen molar-refractivity contribution >= 4 is 5.78 Å². The lowest BCUT2D eigenvalue weighted by molar-refractivity contribution is -0.134. The van der Waals surface area contributed by atoms with Crippen molar-refractivity contribution in [2.75, 3.05) is 6.61 Å². The zero-order chi connectivity index (χ0) is 21.0. The van der Waals surface area contributed by atoms with Gasteiger partial charge in [-0.25, -0.2) is 0 Å². The maximum absolute atomic E-state index is 12.5. The van der Waals surface area contributed by atoms with Gasteiger partial charge >= 0.3 is 0 Å². The van der Waals surface area contributed by atoms with Crippen LogP contribution >= 0.6 is 0 Å². The van der Waals surface area contributed by atoms with E-state index in [9.17, 15) is 15.0 Å². The number of allylic oxidation sites excluding steroid dienone is 1. The molecule has 1 aliphatic rings. The van der Waals surface area contributed by atoms with Crippen molar-refractivity contribution in [3.8, 4) is 0 Å². The molecule has 2 unspecified atom stereocenters. The topological polar surface area (TPSA) is 66.8 Å². The van der Waals surface area contributed by atoms with Crippen LogP contribution in [0.2, 0.25) is 0 Å². The molecule has 0 saturated heterocycles. The summed E-state index contributed by atoms with van der Waals surface area (Å²) in [7, 11) is 0. The summed E-state index contributed by atoms with van der Waals surface area (Å²) in [6, 6.07) is 8.83. The van der Waals surface area contributed by atoms with Crippen molar-refractivity contribution < 1.29 is 19.7 Å². The van der Waals surface area contributed by atoms with Gasteiger partial charge in [-0.15, -0.1) is 0 Å². The van der Waals surface area contributed by atoms with Crippen LogP contribution in [0.5, 0.6) is 0 Å². The number of aliphatic hydroxyl groups is 2. The van der Waals surface area contributed by atoms with Gasteiger partial charge in [-0.05, 0) is 12.5 Å². The van der Waals surface area contributed by atoms with Gasteiger partial charge in [0.05, 0.1) is 12.5 Å². The maximum atomic E-state index is 12.5. The van der Waals surface area contributed by atoms with E-state index in [1.807, 2.05) is 6.07 Å². The van der Waals surface area contributed by atoms with Crippen LogP contribution in [0.1, 0.15) is 81.5 Å². The van der Waals surface area contributed by atoms with Crippen molar-refractivity contribution in [1.82, 2.24) is 0 Å². The summed E-state index contributed by atoms with van der Waals surface area (Å²) in [5.41, 5.74) is 0.527. The maximum Gasteiger partial charge on any atom is 0.209 e. The molecule has 0 spiro atoms. The highest BCUT2D eigenvalue weighted by atomic mass is 16.6. The van der Waals surface area contributed by atoms with Crippen LogP contribution in [0.25, 0.3) is 0 Å². The zero-order valence-electron chi connectivity index (χ0n) is 17.7. The second-order valence-corrected chi connectivity index (χ2v) is 7.92. The van der Waals surface area contributed by atoms with Gasteiger partial charge < -0.3 is 14.9 Å². The second kappa shape index (κ2) is 12.6. The van der Waals surface area contributed by atoms with Gasteiger partial charge in [-0.3, -0.25) is 4.79 Å². The predicted octanol–water partition coefficient (Wildman–Crippen LogP) is 6.12. The third kappa shape index (κ3) is 8.15. The Hall–Kier alpha value is -1.91. The lowest BCUT2D eigenvalue weighted by Crippen LogP contribution is -2.33. The van der Waals surface area contributed by atoms with Crippen molar-refractivity contribution in [2.45, 2.75) is 76.9 Å². The molecule has 160 valence electrons. The Balaban J connectivity index is 1.64. The summed E-state index contributed by atoms with van der Waals surface area (Å²) in [6.07, 6.45) is 16.5. The van der Waals surface area contributed by atoms with Crippen LogP contribution in [0, 0.1) is 5.92 Å². The smallest absolute Gasteiger partial charge is 0.209 e. The fraction of sp³-hybridized carbons (Fsp3) is 0.560. The summed E-state index contributed by atoms with van der Waals surface area (Å²) in [6.45, 7) is 2.65. The molecule has 0 aliphatic heterocycles. The normalized spacial score (nSPS) is 21.2. The molecule has 0 fully saturated rings. The fourth-order valence-electron chi connectivity index (χ4n) is 3.60. The van der Waals surface area contributed by atoms with Crippen molar-refractivity contribution in [3.63, 3.8) is 0 Å². The first-order valence-corrected chi connectivity index (χ1v) is 11.1. The van der Waals surface area contributed by atoms with Crippen molar-refractivity contribution in [1.29, 1.82) is 0 Å². The van der Waals surface area contributed by atoms with Crippen LogP contribution in [0.15, 0.2) is 54.3 Å². The number of hydrogen-bond acceptors (Lipinski definition) is 4. The average molecular weight is 401 g/mol. The third-order valence-corrected chi connectivity index (χ3v) is 5.37. The number of Topliss-reactive ketones (excluding diaryl/α,β-unsaturated/α-hetero) is 1. The van der Waals surface area contributed by atoms with Gasteiger partial charge in [0.15, 0.2) is 5.78 Å². The molecule has 2 rings (SSSR count). The first kappa shape index (κ1) is 23.4. The molecule has 4 nitrogen and oxygen atoms in total. The van der Waals surface area contributed by atoms with E-state index in [0.29, 0.717) is 12.2 Å². The molecule has 0 aromatic heterocycles. The molecule has 0 bridgehead atoms. The Morgan fingerprint density at radius 2 is 1.55 bits per heavy atom. The van der Waals surface area contributed by atoms with Crippen LogP contribution < -0.4 is 0 Å². The Morgan fingerprint density at radius 1 is 0.966 bits per heavy atom. The molecule has 0 heterocycles. The summed E-state index contributed by atoms with van der Waals surface area (Å²) in [5.74, 6) is -2.80. The highest BCUT2D eigenvalue weighted by molar-refractivity contribution is 6.00. The van der Waals surface area contributed by atoms with Gasteiger partial charge in [0.25, 0.3) is 0 Å². The van der Waals surface area contributed by atoms with Gasteiger partial charge in [0.1, 0.15) is 5.76 Å². The minimum Gasteiger partial charge on any atom is -0.511 e. The number of aliphatic hydroxyl groups excluding tert-OH is 1. The number of hydrogen-bond donors (Lipinski definition) is 2. The third-order valence-electron chi connectivity index (χ3n) is 5.37. The summed E-state index contributed by atoms with van der Waals surface area (Å²) in [4.78, 5) is 12.5. The standard InChI is InChI=1S/C25H36O4/c1-2-3-4-5-6-7-8-9-10-14-19-29-25(28)18-17-22(23(26)20-25)24(27)21-15-12-11-13-16-21/h11-13,15-18,20,22,26,28H,2-10,14,19H2,1H3. The van der Waals surface area contributed by atoms with E-state index in [0.717, 1.165) is 12.8 Å². The molecule has 4 heteroatoms. The Morgan fingerprint density at radius 3 is 2.14 bits per heavy atom. The molecule has 0 amide bonds. The average Bonchev–Trinajstić information content (AvgIpc) is 2.72. The summed E-state index contributed by atoms with van der Waals surface area (Å²) < 4.78 is 5.57. The highest BCUT2D eigenvalue weighted by Crippen LogP contribution is 2.27. The number of ketones is 1. The lowest BCUT2D eigenvalue weighted by atomic mass is 9.90. The number of rotatable bonds is 14. The van der Waals surface area contributed by atoms with E-state index in [1.165, 1.54) is 69.6 Å². The number of ether oxygens (including phenoxy) is 1.